The lowest BCUT2D eigenvalue weighted by Gasteiger charge is -2.11. The van der Waals surface area contributed by atoms with Gasteiger partial charge in [0.15, 0.2) is 0 Å². The lowest BCUT2D eigenvalue weighted by atomic mass is 10.00. The van der Waals surface area contributed by atoms with Gasteiger partial charge in [-0.05, 0) is 31.2 Å². The molecule has 2 N–H and O–H groups in total. The van der Waals surface area contributed by atoms with E-state index < -0.39 is 5.97 Å². The first-order valence-corrected chi connectivity index (χ1v) is 10.1. The van der Waals surface area contributed by atoms with E-state index in [0.29, 0.717) is 0 Å². The zero-order chi connectivity index (χ0) is 18.2. The minimum absolute atomic E-state index is 0.000531. The van der Waals surface area contributed by atoms with E-state index in [1.807, 2.05) is 30.3 Å². The number of aryl methyl sites for hydroxylation is 1. The van der Waals surface area contributed by atoms with Crippen molar-refractivity contribution in [2.24, 2.45) is 0 Å². The molecular formula is C22H36O3. The molecule has 0 bridgehead atoms. The smallest absolute Gasteiger partial charge is 0.303 e. The second-order valence-electron chi connectivity index (χ2n) is 7.15. The molecule has 0 amide bonds. The lowest BCUT2D eigenvalue weighted by molar-refractivity contribution is -0.137. The van der Waals surface area contributed by atoms with Gasteiger partial charge in [0, 0.05) is 6.42 Å². The minimum atomic E-state index is -0.717. The Balaban J connectivity index is 0.000000251. The summed E-state index contributed by atoms with van der Waals surface area (Å²) in [6.45, 7) is 0. The highest BCUT2D eigenvalue weighted by molar-refractivity contribution is 5.66. The molecular weight excluding hydrogens is 312 g/mol. The second kappa shape index (κ2) is 14.9. The Labute approximate surface area is 153 Å². The molecule has 0 radical (unpaired) electrons. The van der Waals surface area contributed by atoms with Gasteiger partial charge in [0.2, 0.25) is 0 Å². The highest BCUT2D eigenvalue weighted by atomic mass is 16.4. The van der Waals surface area contributed by atoms with Crippen molar-refractivity contribution in [1.82, 2.24) is 0 Å². The number of hydrogen-bond acceptors (Lipinski definition) is 2. The minimum Gasteiger partial charge on any atom is -0.481 e. The third-order valence-corrected chi connectivity index (χ3v) is 4.77. The molecule has 0 saturated heterocycles. The third kappa shape index (κ3) is 13.6. The van der Waals surface area contributed by atoms with Gasteiger partial charge in [-0.2, -0.15) is 0 Å². The summed E-state index contributed by atoms with van der Waals surface area (Å²) in [5.74, 6) is -0.717. The van der Waals surface area contributed by atoms with E-state index in [1.165, 1.54) is 63.4 Å². The van der Waals surface area contributed by atoms with Crippen LogP contribution in [0.4, 0.5) is 0 Å². The maximum absolute atomic E-state index is 10.2. The number of aliphatic hydroxyl groups excluding tert-OH is 1. The Kier molecular flexibility index (Phi) is 13.0. The first kappa shape index (κ1) is 21.7. The lowest BCUT2D eigenvalue weighted by Crippen LogP contribution is -2.06. The Morgan fingerprint density at radius 2 is 1.32 bits per heavy atom. The van der Waals surface area contributed by atoms with Crippen molar-refractivity contribution in [3.8, 4) is 0 Å². The molecule has 1 fully saturated rings. The number of aliphatic hydroxyl groups is 1. The highest BCUT2D eigenvalue weighted by Gasteiger charge is 2.04. The fraction of sp³-hybridized carbons (Fsp3) is 0.682. The van der Waals surface area contributed by atoms with E-state index in [0.717, 1.165) is 25.7 Å². The van der Waals surface area contributed by atoms with Crippen molar-refractivity contribution in [2.45, 2.75) is 96.0 Å². The standard InChI is InChI=1S/C12H24O.C10H12O2/c13-12-10-8-6-4-2-1-3-5-7-9-11-12;11-10(12)8-4-7-9-5-2-1-3-6-9/h12-13H,1-11H2;1-3,5-6H,4,7-8H2,(H,11,12). The average Bonchev–Trinajstić information content (AvgIpc) is 2.59. The van der Waals surface area contributed by atoms with Crippen LogP contribution in [0.2, 0.25) is 0 Å². The van der Waals surface area contributed by atoms with Crippen molar-refractivity contribution in [1.29, 1.82) is 0 Å². The van der Waals surface area contributed by atoms with Crippen LogP contribution in [0.5, 0.6) is 0 Å². The third-order valence-electron chi connectivity index (χ3n) is 4.77. The van der Waals surface area contributed by atoms with Crippen molar-refractivity contribution in [3.63, 3.8) is 0 Å². The monoisotopic (exact) mass is 348 g/mol. The summed E-state index contributed by atoms with van der Waals surface area (Å²) in [4.78, 5) is 10.2. The molecule has 1 saturated carbocycles. The highest BCUT2D eigenvalue weighted by Crippen LogP contribution is 2.16. The first-order valence-electron chi connectivity index (χ1n) is 10.1. The van der Waals surface area contributed by atoms with Gasteiger partial charge in [-0.1, -0.05) is 88.1 Å². The number of hydrogen-bond donors (Lipinski definition) is 2. The molecule has 0 heterocycles. The summed E-state index contributed by atoms with van der Waals surface area (Å²) in [7, 11) is 0. The Morgan fingerprint density at radius 1 is 0.840 bits per heavy atom. The molecule has 142 valence electrons. The van der Waals surface area contributed by atoms with Crippen LogP contribution in [0.15, 0.2) is 30.3 Å². The van der Waals surface area contributed by atoms with Gasteiger partial charge < -0.3 is 10.2 Å². The molecule has 1 aromatic carbocycles. The number of rotatable bonds is 4. The van der Waals surface area contributed by atoms with Crippen molar-refractivity contribution >= 4 is 5.97 Å². The largest absolute Gasteiger partial charge is 0.481 e. The van der Waals surface area contributed by atoms with E-state index in [4.69, 9.17) is 5.11 Å². The maximum atomic E-state index is 10.2. The summed E-state index contributed by atoms with van der Waals surface area (Å²) in [5.41, 5.74) is 1.21. The van der Waals surface area contributed by atoms with E-state index in [9.17, 15) is 9.90 Å². The van der Waals surface area contributed by atoms with Crippen LogP contribution in [-0.4, -0.2) is 22.3 Å². The van der Waals surface area contributed by atoms with Gasteiger partial charge >= 0.3 is 5.97 Å². The number of aliphatic carboxylic acids is 1. The molecule has 25 heavy (non-hydrogen) atoms. The molecule has 3 nitrogen and oxygen atoms in total. The van der Waals surface area contributed by atoms with Gasteiger partial charge in [0.25, 0.3) is 0 Å². The Morgan fingerprint density at radius 3 is 1.80 bits per heavy atom. The maximum Gasteiger partial charge on any atom is 0.303 e. The van der Waals surface area contributed by atoms with Crippen LogP contribution in [-0.2, 0) is 11.2 Å². The SMILES string of the molecule is O=C(O)CCCc1ccccc1.OC1CCCCCCCCCCC1. The Bertz CT molecular complexity index is 418. The zero-order valence-electron chi connectivity index (χ0n) is 15.7. The van der Waals surface area contributed by atoms with E-state index >= 15 is 0 Å². The number of carboxylic acids is 1. The normalized spacial score (nSPS) is 17.5. The van der Waals surface area contributed by atoms with Crippen LogP contribution in [0.25, 0.3) is 0 Å². The van der Waals surface area contributed by atoms with Crippen LogP contribution in [0, 0.1) is 0 Å². The van der Waals surface area contributed by atoms with Crippen molar-refractivity contribution < 1.29 is 15.0 Å². The Hall–Kier alpha value is -1.35. The van der Waals surface area contributed by atoms with Crippen LogP contribution in [0.1, 0.15) is 89.0 Å². The molecule has 3 heteroatoms. The quantitative estimate of drug-likeness (QED) is 0.729. The van der Waals surface area contributed by atoms with Crippen LogP contribution in [0.3, 0.4) is 0 Å². The zero-order valence-corrected chi connectivity index (χ0v) is 15.7. The molecule has 0 spiro atoms. The van der Waals surface area contributed by atoms with Gasteiger partial charge in [-0.25, -0.2) is 0 Å². The topological polar surface area (TPSA) is 57.5 Å². The molecule has 0 aliphatic heterocycles. The first-order chi connectivity index (χ1) is 12.2. The summed E-state index contributed by atoms with van der Waals surface area (Å²) in [6.07, 6.45) is 16.1. The molecule has 2 rings (SSSR count). The van der Waals surface area contributed by atoms with Crippen molar-refractivity contribution in [2.75, 3.05) is 0 Å². The van der Waals surface area contributed by atoms with Gasteiger partial charge in [-0.15, -0.1) is 0 Å². The summed E-state index contributed by atoms with van der Waals surface area (Å²) < 4.78 is 0. The van der Waals surface area contributed by atoms with Crippen molar-refractivity contribution in [3.05, 3.63) is 35.9 Å². The van der Waals surface area contributed by atoms with Crippen LogP contribution >= 0.6 is 0 Å². The molecule has 0 unspecified atom stereocenters. The van der Waals surface area contributed by atoms with E-state index in [-0.39, 0.29) is 12.5 Å². The predicted octanol–water partition coefficient (Wildman–Crippen LogP) is 5.75. The summed E-state index contributed by atoms with van der Waals surface area (Å²) in [6, 6.07) is 9.93. The molecule has 1 aliphatic carbocycles. The summed E-state index contributed by atoms with van der Waals surface area (Å²) in [5, 5.41) is 18.0. The fourth-order valence-corrected chi connectivity index (χ4v) is 3.23. The summed E-state index contributed by atoms with van der Waals surface area (Å²) >= 11 is 0. The van der Waals surface area contributed by atoms with Gasteiger partial charge in [0.05, 0.1) is 6.10 Å². The van der Waals surface area contributed by atoms with Gasteiger partial charge in [0.1, 0.15) is 0 Å². The van der Waals surface area contributed by atoms with E-state index in [2.05, 4.69) is 0 Å². The molecule has 1 aliphatic rings. The molecule has 0 aromatic heterocycles. The predicted molar refractivity (Wildman–Crippen MR) is 104 cm³/mol. The number of benzene rings is 1. The second-order valence-corrected chi connectivity index (χ2v) is 7.15. The molecule has 0 atom stereocenters. The number of carboxylic acid groups (broad SMARTS) is 1. The number of carbonyl (C=O) groups is 1. The average molecular weight is 349 g/mol. The van der Waals surface area contributed by atoms with Gasteiger partial charge in [-0.3, -0.25) is 4.79 Å². The molecule has 1 aromatic rings. The fourth-order valence-electron chi connectivity index (χ4n) is 3.23. The van der Waals surface area contributed by atoms with Crippen LogP contribution < -0.4 is 0 Å². The van der Waals surface area contributed by atoms with E-state index in [1.54, 1.807) is 0 Å².